The number of hydrogen-bond acceptors (Lipinski definition) is 5. The fourth-order valence-corrected chi connectivity index (χ4v) is 1.65. The van der Waals surface area contributed by atoms with E-state index in [9.17, 15) is 9.59 Å². The van der Waals surface area contributed by atoms with Gasteiger partial charge in [-0.15, -0.1) is 0 Å². The predicted octanol–water partition coefficient (Wildman–Crippen LogP) is 4.95. The summed E-state index contributed by atoms with van der Waals surface area (Å²) in [6.45, 7) is 0. The third-order valence-electron chi connectivity index (χ3n) is 2.28. The number of carbonyl (C=O) groups is 2. The van der Waals surface area contributed by atoms with Gasteiger partial charge in [0, 0.05) is 23.2 Å². The number of carbonyl (C=O) groups excluding carboxylic acids is 2. The van der Waals surface area contributed by atoms with Crippen LogP contribution in [-0.4, -0.2) is 10.9 Å². The number of halogens is 2. The zero-order valence-corrected chi connectivity index (χ0v) is 11.9. The predicted molar refractivity (Wildman–Crippen MR) is 76.7 cm³/mol. The van der Waals surface area contributed by atoms with E-state index in [-0.39, 0.29) is 0 Å². The van der Waals surface area contributed by atoms with E-state index in [1.807, 2.05) is 0 Å². The Labute approximate surface area is 129 Å². The number of hydrogen-bond donors (Lipinski definition) is 0. The second-order valence-electron chi connectivity index (χ2n) is 3.72. The van der Waals surface area contributed by atoms with Gasteiger partial charge in [0.25, 0.3) is 0 Å². The zero-order chi connectivity index (χ0) is 15.2. The Balaban J connectivity index is 2.01. The van der Waals surface area contributed by atoms with Crippen LogP contribution in [0.1, 0.15) is 0 Å². The van der Waals surface area contributed by atoms with Crippen LogP contribution in [0.25, 0.3) is 0 Å². The molecule has 2 aromatic carbocycles. The third kappa shape index (κ3) is 4.98. The molecular weight excluding hydrogens is 319 g/mol. The summed E-state index contributed by atoms with van der Waals surface area (Å²) in [6, 6.07) is 12.6. The van der Waals surface area contributed by atoms with Crippen LogP contribution in [0.3, 0.4) is 0 Å². The molecule has 2 rings (SSSR count). The molecule has 7 heteroatoms. The smallest absolute Gasteiger partial charge is 0.409 e. The van der Waals surface area contributed by atoms with Crippen LogP contribution in [0, 0.1) is 0 Å². The summed E-state index contributed by atoms with van der Waals surface area (Å²) < 4.78 is 14.9. The van der Waals surface area contributed by atoms with Gasteiger partial charge in [-0.05, 0) is 48.5 Å². The van der Waals surface area contributed by atoms with Crippen molar-refractivity contribution in [3.63, 3.8) is 0 Å². The Morgan fingerprint density at radius 3 is 1.19 bits per heavy atom. The second-order valence-corrected chi connectivity index (χ2v) is 4.34. The van der Waals surface area contributed by atoms with Crippen LogP contribution in [0.4, 0.5) is 9.59 Å². The van der Waals surface area contributed by atoms with Crippen molar-refractivity contribution >= 4 is 34.1 Å². The lowest BCUT2D eigenvalue weighted by Crippen LogP contribution is -1.96. The first-order valence-electron chi connectivity index (χ1n) is 5.65. The lowest BCUT2D eigenvalue weighted by molar-refractivity contribution is 0.224. The fourth-order valence-electron chi connectivity index (χ4n) is 1.47. The molecular formula is C14H8Cl2O5. The molecule has 0 aliphatic carbocycles. The molecule has 2 aromatic rings. The maximum Gasteiger partial charge on any atom is 0.409 e. The van der Waals surface area contributed by atoms with E-state index >= 15 is 0 Å². The van der Waals surface area contributed by atoms with E-state index in [4.69, 9.17) is 27.9 Å². The first-order chi connectivity index (χ1) is 10.0. The molecule has 108 valence electrons. The van der Waals surface area contributed by atoms with Crippen molar-refractivity contribution in [2.24, 2.45) is 0 Å². The van der Waals surface area contributed by atoms with Crippen molar-refractivity contribution in [1.29, 1.82) is 0 Å². The lowest BCUT2D eigenvalue weighted by atomic mass is 10.3. The highest BCUT2D eigenvalue weighted by molar-refractivity contribution is 6.61. The third-order valence-corrected chi connectivity index (χ3v) is 2.43. The van der Waals surface area contributed by atoms with Crippen molar-refractivity contribution < 1.29 is 23.8 Å². The molecule has 0 heterocycles. The van der Waals surface area contributed by atoms with E-state index in [1.165, 1.54) is 0 Å². The molecule has 0 fully saturated rings. The fraction of sp³-hybridized carbons (Fsp3) is 0. The molecule has 0 radical (unpaired) electrons. The van der Waals surface area contributed by atoms with Gasteiger partial charge >= 0.3 is 10.9 Å². The Kier molecular flexibility index (Phi) is 5.03. The molecule has 0 aromatic heterocycles. The minimum absolute atomic E-state index is 0.312. The first-order valence-corrected chi connectivity index (χ1v) is 6.41. The Morgan fingerprint density at radius 1 is 0.619 bits per heavy atom. The van der Waals surface area contributed by atoms with Gasteiger partial charge in [0.1, 0.15) is 23.0 Å². The Morgan fingerprint density at radius 2 is 0.905 bits per heavy atom. The minimum atomic E-state index is -0.909. The normalized spacial score (nSPS) is 9.81. The van der Waals surface area contributed by atoms with Crippen molar-refractivity contribution in [3.05, 3.63) is 48.5 Å². The molecule has 0 saturated heterocycles. The average molecular weight is 327 g/mol. The van der Waals surface area contributed by atoms with E-state index in [1.54, 1.807) is 48.5 Å². The van der Waals surface area contributed by atoms with Gasteiger partial charge in [-0.2, -0.15) is 0 Å². The molecule has 0 atom stereocenters. The van der Waals surface area contributed by atoms with Gasteiger partial charge < -0.3 is 14.2 Å². The maximum atomic E-state index is 10.6. The van der Waals surface area contributed by atoms with Crippen LogP contribution in [0.2, 0.25) is 0 Å². The maximum absolute atomic E-state index is 10.6. The highest BCUT2D eigenvalue weighted by atomic mass is 35.5. The summed E-state index contributed by atoms with van der Waals surface area (Å²) in [7, 11) is 0. The van der Waals surface area contributed by atoms with E-state index < -0.39 is 10.9 Å². The number of benzene rings is 2. The lowest BCUT2D eigenvalue weighted by Gasteiger charge is -2.07. The molecule has 0 spiro atoms. The van der Waals surface area contributed by atoms with Crippen molar-refractivity contribution in [2.45, 2.75) is 0 Å². The molecule has 5 nitrogen and oxygen atoms in total. The van der Waals surface area contributed by atoms with Crippen LogP contribution in [-0.2, 0) is 0 Å². The molecule has 0 unspecified atom stereocenters. The van der Waals surface area contributed by atoms with Gasteiger partial charge in [-0.1, -0.05) is 0 Å². The summed E-state index contributed by atoms with van der Waals surface area (Å²) in [6.07, 6.45) is 0. The van der Waals surface area contributed by atoms with Crippen LogP contribution in [0.15, 0.2) is 48.5 Å². The quantitative estimate of drug-likeness (QED) is 0.743. The van der Waals surface area contributed by atoms with Crippen LogP contribution < -0.4 is 14.2 Å². The average Bonchev–Trinajstić information content (AvgIpc) is 2.42. The standard InChI is InChI=1S/C14H8Cl2O5/c15-13(17)20-11-5-1-9(2-6-11)19-10-3-7-12(8-4-10)21-14(16)18/h1-8H. The molecule has 0 saturated carbocycles. The van der Waals surface area contributed by atoms with E-state index in [0.717, 1.165) is 0 Å². The minimum Gasteiger partial charge on any atom is -0.457 e. The molecule has 21 heavy (non-hydrogen) atoms. The first kappa shape index (κ1) is 15.2. The van der Waals surface area contributed by atoms with Crippen molar-refractivity contribution in [2.75, 3.05) is 0 Å². The van der Waals surface area contributed by atoms with Crippen molar-refractivity contribution in [3.8, 4) is 23.0 Å². The number of ether oxygens (including phenoxy) is 3. The molecule has 0 aliphatic heterocycles. The summed E-state index contributed by atoms with van der Waals surface area (Å²) in [4.78, 5) is 21.1. The SMILES string of the molecule is O=C(Cl)Oc1ccc(Oc2ccc(OC(=O)Cl)cc2)cc1. The topological polar surface area (TPSA) is 61.8 Å². The Bertz CT molecular complexity index is 580. The van der Waals surface area contributed by atoms with Gasteiger partial charge in [0.15, 0.2) is 0 Å². The van der Waals surface area contributed by atoms with Crippen LogP contribution in [0.5, 0.6) is 23.0 Å². The largest absolute Gasteiger partial charge is 0.457 e. The molecule has 0 amide bonds. The van der Waals surface area contributed by atoms with E-state index in [0.29, 0.717) is 23.0 Å². The molecule has 0 bridgehead atoms. The monoisotopic (exact) mass is 326 g/mol. The highest BCUT2D eigenvalue weighted by Gasteiger charge is 2.03. The summed E-state index contributed by atoms with van der Waals surface area (Å²) >= 11 is 10.2. The second kappa shape index (κ2) is 6.97. The molecule has 0 N–H and O–H groups in total. The van der Waals surface area contributed by atoms with Crippen molar-refractivity contribution in [1.82, 2.24) is 0 Å². The summed E-state index contributed by atoms with van der Waals surface area (Å²) in [5, 5.41) is 0. The zero-order valence-electron chi connectivity index (χ0n) is 10.4. The highest BCUT2D eigenvalue weighted by Crippen LogP contribution is 2.26. The van der Waals surface area contributed by atoms with Gasteiger partial charge in [-0.25, -0.2) is 9.59 Å². The van der Waals surface area contributed by atoms with E-state index in [2.05, 4.69) is 9.47 Å². The van der Waals surface area contributed by atoms with Gasteiger partial charge in [-0.3, -0.25) is 0 Å². The Hall–Kier alpha value is -2.24. The molecule has 0 aliphatic rings. The van der Waals surface area contributed by atoms with Gasteiger partial charge in [0.05, 0.1) is 0 Å². The number of rotatable bonds is 4. The summed E-state index contributed by atoms with van der Waals surface area (Å²) in [5.41, 5.74) is -1.82. The van der Waals surface area contributed by atoms with Gasteiger partial charge in [0.2, 0.25) is 0 Å². The van der Waals surface area contributed by atoms with Crippen LogP contribution >= 0.6 is 23.2 Å². The summed E-state index contributed by atoms with van der Waals surface area (Å²) in [5.74, 6) is 1.69.